The van der Waals surface area contributed by atoms with Crippen molar-refractivity contribution >= 4 is 35.3 Å². The minimum atomic E-state index is -0.302. The molecule has 0 aromatic heterocycles. The van der Waals surface area contributed by atoms with Crippen LogP contribution in [0.25, 0.3) is 0 Å². The van der Waals surface area contributed by atoms with Crippen LogP contribution in [0.2, 0.25) is 0 Å². The fourth-order valence-electron chi connectivity index (χ4n) is 1.21. The second-order valence-electron chi connectivity index (χ2n) is 3.83. The fourth-order valence-corrected chi connectivity index (χ4v) is 4.27. The van der Waals surface area contributed by atoms with Gasteiger partial charge in [-0.3, -0.25) is 10.1 Å². The third-order valence-corrected chi connectivity index (χ3v) is 5.87. The lowest BCUT2D eigenvalue weighted by atomic mass is 10.4. The molecule has 0 amide bonds. The Morgan fingerprint density at radius 3 is 2.21 bits per heavy atom. The molecule has 4 N–H and O–H groups in total. The van der Waals surface area contributed by atoms with Crippen LogP contribution in [0.3, 0.4) is 0 Å². The van der Waals surface area contributed by atoms with Gasteiger partial charge in [0.15, 0.2) is 0 Å². The van der Waals surface area contributed by atoms with Crippen LogP contribution < -0.4 is 5.73 Å². The van der Waals surface area contributed by atoms with Gasteiger partial charge in [-0.1, -0.05) is 0 Å². The molecule has 0 aliphatic heterocycles. The maximum atomic E-state index is 10.6. The molecule has 0 aliphatic rings. The highest BCUT2D eigenvalue weighted by atomic mass is 32.2. The molecular weight excluding hydrogens is 308 g/mol. The Morgan fingerprint density at radius 1 is 1.11 bits per heavy atom. The number of rotatable bonds is 13. The maximum absolute atomic E-state index is 10.6. The van der Waals surface area contributed by atoms with Crippen molar-refractivity contribution in [2.45, 2.75) is 11.3 Å². The summed E-state index contributed by atoms with van der Waals surface area (Å²) < 4.78 is 0. The number of hydrogen-bond donors (Lipinski definition) is 3. The Balaban J connectivity index is 3.85. The molecule has 0 heterocycles. The summed E-state index contributed by atoms with van der Waals surface area (Å²) in [5, 5.41) is 27.8. The summed E-state index contributed by atoms with van der Waals surface area (Å²) in [5.74, 6) is 3.36. The lowest BCUT2D eigenvalue weighted by Crippen LogP contribution is -2.29. The highest BCUT2D eigenvalue weighted by molar-refractivity contribution is 8.03. The van der Waals surface area contributed by atoms with Crippen LogP contribution in [0.1, 0.15) is 0 Å². The number of aliphatic hydroxyl groups is 2. The molecular formula is C10H22N2O4S3. The van der Waals surface area contributed by atoms with Crippen molar-refractivity contribution in [1.82, 2.24) is 0 Å². The lowest BCUT2D eigenvalue weighted by Gasteiger charge is -2.15. The summed E-state index contributed by atoms with van der Waals surface area (Å²) >= 11 is 4.63. The summed E-state index contributed by atoms with van der Waals surface area (Å²) in [4.78, 5) is 10.3. The lowest BCUT2D eigenvalue weighted by molar-refractivity contribution is -0.478. The Kier molecular flexibility index (Phi) is 13.6. The zero-order chi connectivity index (χ0) is 14.5. The van der Waals surface area contributed by atoms with Crippen LogP contribution in [0.15, 0.2) is 0 Å². The molecule has 0 fully saturated rings. The second-order valence-corrected chi connectivity index (χ2v) is 7.46. The summed E-state index contributed by atoms with van der Waals surface area (Å²) in [5.41, 5.74) is 5.91. The molecule has 0 spiro atoms. The minimum absolute atomic E-state index is 0.0151. The predicted octanol–water partition coefficient (Wildman–Crippen LogP) is 0.143. The van der Waals surface area contributed by atoms with E-state index in [4.69, 9.17) is 15.9 Å². The standard InChI is InChI=1S/C10H22N2O4S3/c11-9(6-17-3-1-13)7-19-10(5-12(15)16)8-18-4-2-14/h9-10,13-14H,1-8,11H2. The van der Waals surface area contributed by atoms with Crippen LogP contribution >= 0.6 is 35.3 Å². The van der Waals surface area contributed by atoms with E-state index in [9.17, 15) is 10.1 Å². The van der Waals surface area contributed by atoms with E-state index >= 15 is 0 Å². The van der Waals surface area contributed by atoms with E-state index in [-0.39, 0.29) is 36.0 Å². The van der Waals surface area contributed by atoms with Crippen LogP contribution in [0.4, 0.5) is 0 Å². The largest absolute Gasteiger partial charge is 0.396 e. The van der Waals surface area contributed by atoms with Crippen molar-refractivity contribution < 1.29 is 15.1 Å². The van der Waals surface area contributed by atoms with Crippen molar-refractivity contribution in [1.29, 1.82) is 0 Å². The van der Waals surface area contributed by atoms with E-state index < -0.39 is 0 Å². The average Bonchev–Trinajstić information content (AvgIpc) is 2.36. The van der Waals surface area contributed by atoms with Gasteiger partial charge in [-0.15, -0.1) is 11.8 Å². The molecule has 0 radical (unpaired) electrons. The smallest absolute Gasteiger partial charge is 0.216 e. The molecule has 0 aromatic rings. The molecule has 19 heavy (non-hydrogen) atoms. The SMILES string of the molecule is NC(CSCCO)CSC(CSCCO)C[N+](=O)[O-]. The van der Waals surface area contributed by atoms with Crippen molar-refractivity contribution in [2.24, 2.45) is 5.73 Å². The van der Waals surface area contributed by atoms with Gasteiger partial charge in [0, 0.05) is 39.7 Å². The first kappa shape index (κ1) is 19.3. The van der Waals surface area contributed by atoms with Crippen molar-refractivity contribution in [3.05, 3.63) is 10.1 Å². The zero-order valence-corrected chi connectivity index (χ0v) is 13.2. The Hall–Kier alpha value is 0.330. The normalized spacial score (nSPS) is 14.3. The van der Waals surface area contributed by atoms with E-state index in [1.165, 1.54) is 23.5 Å². The Labute approximate surface area is 126 Å². The number of nitro groups is 1. The van der Waals surface area contributed by atoms with Crippen molar-refractivity contribution in [2.75, 3.05) is 48.5 Å². The Morgan fingerprint density at radius 2 is 1.68 bits per heavy atom. The molecule has 0 aliphatic carbocycles. The topological polar surface area (TPSA) is 110 Å². The summed E-state index contributed by atoms with van der Waals surface area (Å²) in [6, 6.07) is -0.0151. The van der Waals surface area contributed by atoms with Crippen molar-refractivity contribution in [3.63, 3.8) is 0 Å². The minimum Gasteiger partial charge on any atom is -0.396 e. The number of thioether (sulfide) groups is 3. The first-order valence-corrected chi connectivity index (χ1v) is 9.32. The third kappa shape index (κ3) is 13.1. The molecule has 0 saturated heterocycles. The molecule has 9 heteroatoms. The molecule has 2 unspecified atom stereocenters. The third-order valence-electron chi connectivity index (χ3n) is 2.01. The van der Waals surface area contributed by atoms with Crippen LogP contribution in [0, 0.1) is 10.1 Å². The van der Waals surface area contributed by atoms with Gasteiger partial charge in [-0.2, -0.15) is 23.5 Å². The number of nitrogens with zero attached hydrogens (tertiary/aromatic N) is 1. The second kappa shape index (κ2) is 13.3. The molecule has 0 bridgehead atoms. The number of aliphatic hydroxyl groups excluding tert-OH is 2. The first-order valence-electron chi connectivity index (χ1n) is 5.96. The quantitative estimate of drug-likeness (QED) is 0.249. The van der Waals surface area contributed by atoms with E-state index in [2.05, 4.69) is 0 Å². The summed E-state index contributed by atoms with van der Waals surface area (Å²) in [6.07, 6.45) is 0. The molecule has 0 rings (SSSR count). The maximum Gasteiger partial charge on any atom is 0.216 e. The van der Waals surface area contributed by atoms with E-state index in [1.54, 1.807) is 11.8 Å². The van der Waals surface area contributed by atoms with Gasteiger partial charge >= 0.3 is 0 Å². The summed E-state index contributed by atoms with van der Waals surface area (Å²) in [6.45, 7) is 0.170. The number of nitrogens with two attached hydrogens (primary N) is 1. The van der Waals surface area contributed by atoms with Gasteiger partial charge in [0.1, 0.15) is 0 Å². The molecule has 0 saturated carbocycles. The van der Waals surface area contributed by atoms with Gasteiger partial charge in [0.05, 0.1) is 18.5 Å². The van der Waals surface area contributed by atoms with E-state index in [1.807, 2.05) is 0 Å². The molecule has 6 nitrogen and oxygen atoms in total. The van der Waals surface area contributed by atoms with Gasteiger partial charge in [0.25, 0.3) is 0 Å². The van der Waals surface area contributed by atoms with E-state index in [0.29, 0.717) is 23.0 Å². The van der Waals surface area contributed by atoms with Gasteiger partial charge < -0.3 is 15.9 Å². The average molecular weight is 330 g/mol. The van der Waals surface area contributed by atoms with Gasteiger partial charge in [-0.25, -0.2) is 0 Å². The van der Waals surface area contributed by atoms with Crippen molar-refractivity contribution in [3.8, 4) is 0 Å². The van der Waals surface area contributed by atoms with Crippen LogP contribution in [-0.2, 0) is 0 Å². The van der Waals surface area contributed by atoms with E-state index in [0.717, 1.165) is 5.75 Å². The van der Waals surface area contributed by atoms with Crippen LogP contribution in [0.5, 0.6) is 0 Å². The monoisotopic (exact) mass is 330 g/mol. The van der Waals surface area contributed by atoms with Gasteiger partial charge in [0.2, 0.25) is 6.54 Å². The number of hydrogen-bond acceptors (Lipinski definition) is 8. The molecule has 0 aromatic carbocycles. The fraction of sp³-hybridized carbons (Fsp3) is 1.00. The predicted molar refractivity (Wildman–Crippen MR) is 84.9 cm³/mol. The highest BCUT2D eigenvalue weighted by Gasteiger charge is 2.17. The zero-order valence-electron chi connectivity index (χ0n) is 10.8. The first-order chi connectivity index (χ1) is 9.10. The molecule has 114 valence electrons. The Bertz CT molecular complexity index is 237. The highest BCUT2D eigenvalue weighted by Crippen LogP contribution is 2.18. The van der Waals surface area contributed by atoms with Gasteiger partial charge in [-0.05, 0) is 0 Å². The van der Waals surface area contributed by atoms with Crippen LogP contribution in [-0.4, -0.2) is 75.0 Å². The summed E-state index contributed by atoms with van der Waals surface area (Å²) in [7, 11) is 0. The molecule has 2 atom stereocenters.